The van der Waals surface area contributed by atoms with Crippen LogP contribution in [0.2, 0.25) is 0 Å². The van der Waals surface area contributed by atoms with Crippen LogP contribution >= 0.6 is 0 Å². The number of unbranched alkanes of at least 4 members (excludes halogenated alkanes) is 6. The van der Waals surface area contributed by atoms with Crippen LogP contribution < -0.4 is 4.74 Å². The Bertz CT molecular complexity index is 440. The highest BCUT2D eigenvalue weighted by Gasteiger charge is 2.12. The van der Waals surface area contributed by atoms with Crippen LogP contribution in [0.25, 0.3) is 0 Å². The van der Waals surface area contributed by atoms with Gasteiger partial charge in [0.25, 0.3) is 0 Å². The van der Waals surface area contributed by atoms with E-state index in [2.05, 4.69) is 19.9 Å². The molecule has 0 amide bonds. The second-order valence-corrected chi connectivity index (χ2v) is 5.88. The molecule has 0 spiro atoms. The molecule has 0 aliphatic rings. The molecule has 1 aromatic rings. The van der Waals surface area contributed by atoms with Crippen molar-refractivity contribution < 1.29 is 14.6 Å². The van der Waals surface area contributed by atoms with Gasteiger partial charge in [-0.1, -0.05) is 64.5 Å². The Labute approximate surface area is 134 Å². The van der Waals surface area contributed by atoms with E-state index in [9.17, 15) is 4.79 Å². The van der Waals surface area contributed by atoms with Crippen LogP contribution in [-0.4, -0.2) is 11.3 Å². The minimum Gasteiger partial charge on any atom is -0.449 e. The minimum absolute atomic E-state index is 0.525. The van der Waals surface area contributed by atoms with Crippen molar-refractivity contribution in [2.24, 2.45) is 0 Å². The van der Waals surface area contributed by atoms with E-state index in [-0.39, 0.29) is 0 Å². The van der Waals surface area contributed by atoms with Crippen LogP contribution in [0.4, 0.5) is 4.79 Å². The summed E-state index contributed by atoms with van der Waals surface area (Å²) in [6, 6.07) is 5.80. The van der Waals surface area contributed by atoms with Crippen molar-refractivity contribution in [1.82, 2.24) is 0 Å². The molecule has 1 N–H and O–H groups in total. The highest BCUT2D eigenvalue weighted by Crippen LogP contribution is 2.26. The summed E-state index contributed by atoms with van der Waals surface area (Å²) in [6.45, 7) is 4.40. The van der Waals surface area contributed by atoms with Gasteiger partial charge < -0.3 is 9.84 Å². The van der Waals surface area contributed by atoms with E-state index < -0.39 is 6.16 Å². The van der Waals surface area contributed by atoms with Crippen molar-refractivity contribution >= 4 is 6.16 Å². The standard InChI is InChI=1S/C19H30O3/c1-3-5-7-8-10-14-17-16(12-9-6-4-2)13-11-15-18(17)22-19(20)21/h11,13,15H,3-10,12,14H2,1-2H3,(H,20,21). The first-order valence-electron chi connectivity index (χ1n) is 8.70. The lowest BCUT2D eigenvalue weighted by Gasteiger charge is -2.14. The van der Waals surface area contributed by atoms with E-state index in [0.29, 0.717) is 5.75 Å². The Balaban J connectivity index is 2.73. The Morgan fingerprint density at radius 2 is 1.59 bits per heavy atom. The molecule has 22 heavy (non-hydrogen) atoms. The molecule has 0 bridgehead atoms. The molecule has 0 heterocycles. The van der Waals surface area contributed by atoms with Gasteiger partial charge in [0, 0.05) is 0 Å². The largest absolute Gasteiger partial charge is 0.511 e. The van der Waals surface area contributed by atoms with Crippen LogP contribution in [0.15, 0.2) is 18.2 Å². The molecule has 124 valence electrons. The molecular weight excluding hydrogens is 276 g/mol. The van der Waals surface area contributed by atoms with E-state index in [1.54, 1.807) is 6.07 Å². The quantitative estimate of drug-likeness (QED) is 0.310. The zero-order chi connectivity index (χ0) is 16.2. The molecule has 0 unspecified atom stereocenters. The number of ether oxygens (including phenoxy) is 1. The van der Waals surface area contributed by atoms with Gasteiger partial charge >= 0.3 is 6.16 Å². The molecule has 1 aromatic carbocycles. The summed E-state index contributed by atoms with van der Waals surface area (Å²) < 4.78 is 4.99. The number of aryl methyl sites for hydroxylation is 1. The van der Waals surface area contributed by atoms with Gasteiger partial charge in [0.1, 0.15) is 5.75 Å². The van der Waals surface area contributed by atoms with Crippen molar-refractivity contribution in [1.29, 1.82) is 0 Å². The minimum atomic E-state index is -1.22. The van der Waals surface area contributed by atoms with Gasteiger partial charge in [-0.15, -0.1) is 0 Å². The zero-order valence-corrected chi connectivity index (χ0v) is 14.1. The summed E-state index contributed by atoms with van der Waals surface area (Å²) in [5.74, 6) is 0.525. The average Bonchev–Trinajstić information content (AvgIpc) is 2.49. The fraction of sp³-hybridized carbons (Fsp3) is 0.632. The van der Waals surface area contributed by atoms with E-state index in [4.69, 9.17) is 9.84 Å². The normalized spacial score (nSPS) is 10.6. The van der Waals surface area contributed by atoms with Crippen molar-refractivity contribution in [3.8, 4) is 5.75 Å². The zero-order valence-electron chi connectivity index (χ0n) is 14.1. The molecule has 0 saturated heterocycles. The Morgan fingerprint density at radius 1 is 0.955 bits per heavy atom. The molecule has 0 atom stereocenters. The maximum Gasteiger partial charge on any atom is 0.511 e. The third kappa shape index (κ3) is 6.97. The predicted octanol–water partition coefficient (Wildman–Crippen LogP) is 5.99. The number of carbonyl (C=O) groups is 1. The Kier molecular flexibility index (Phi) is 9.36. The van der Waals surface area contributed by atoms with E-state index in [1.165, 1.54) is 44.1 Å². The molecule has 0 saturated carbocycles. The van der Waals surface area contributed by atoms with Gasteiger partial charge in [-0.05, 0) is 42.9 Å². The smallest absolute Gasteiger partial charge is 0.449 e. The van der Waals surface area contributed by atoms with Gasteiger partial charge in [-0.25, -0.2) is 4.79 Å². The lowest BCUT2D eigenvalue weighted by molar-refractivity contribution is 0.144. The van der Waals surface area contributed by atoms with Crippen LogP contribution in [0.3, 0.4) is 0 Å². The summed E-state index contributed by atoms with van der Waals surface area (Å²) in [5.41, 5.74) is 2.35. The Hall–Kier alpha value is -1.51. The maximum atomic E-state index is 10.9. The van der Waals surface area contributed by atoms with Crippen molar-refractivity contribution in [2.45, 2.75) is 78.1 Å². The van der Waals surface area contributed by atoms with Crippen LogP contribution in [0.1, 0.15) is 76.3 Å². The number of rotatable bonds is 11. The third-order valence-corrected chi connectivity index (χ3v) is 4.01. The number of hydrogen-bond acceptors (Lipinski definition) is 2. The molecule has 0 radical (unpaired) electrons. The fourth-order valence-corrected chi connectivity index (χ4v) is 2.79. The number of carboxylic acid groups (broad SMARTS) is 1. The first-order valence-corrected chi connectivity index (χ1v) is 8.70. The predicted molar refractivity (Wildman–Crippen MR) is 90.8 cm³/mol. The summed E-state index contributed by atoms with van der Waals surface area (Å²) in [6.07, 6.45) is 10.3. The molecule has 0 aliphatic heterocycles. The lowest BCUT2D eigenvalue weighted by atomic mass is 9.96. The maximum absolute atomic E-state index is 10.9. The van der Waals surface area contributed by atoms with Crippen LogP contribution in [0.5, 0.6) is 5.75 Å². The monoisotopic (exact) mass is 306 g/mol. The molecule has 0 aliphatic carbocycles. The van der Waals surface area contributed by atoms with Gasteiger partial charge in [0.2, 0.25) is 0 Å². The molecule has 0 aromatic heterocycles. The molecular formula is C19H30O3. The molecule has 1 rings (SSSR count). The summed E-state index contributed by atoms with van der Waals surface area (Å²) >= 11 is 0. The van der Waals surface area contributed by atoms with Crippen molar-refractivity contribution in [3.05, 3.63) is 29.3 Å². The first-order chi connectivity index (χ1) is 10.7. The van der Waals surface area contributed by atoms with Crippen LogP contribution in [0, 0.1) is 0 Å². The molecule has 3 nitrogen and oxygen atoms in total. The first kappa shape index (κ1) is 18.5. The average molecular weight is 306 g/mol. The van der Waals surface area contributed by atoms with E-state index in [0.717, 1.165) is 31.2 Å². The fourth-order valence-electron chi connectivity index (χ4n) is 2.79. The highest BCUT2D eigenvalue weighted by atomic mass is 16.7. The van der Waals surface area contributed by atoms with Gasteiger partial charge in [-0.3, -0.25) is 0 Å². The second-order valence-electron chi connectivity index (χ2n) is 5.88. The number of benzene rings is 1. The Morgan fingerprint density at radius 3 is 2.27 bits per heavy atom. The lowest BCUT2D eigenvalue weighted by Crippen LogP contribution is -2.07. The second kappa shape index (κ2) is 11.1. The highest BCUT2D eigenvalue weighted by molar-refractivity contribution is 5.62. The van der Waals surface area contributed by atoms with Crippen molar-refractivity contribution in [2.75, 3.05) is 0 Å². The molecule has 3 heteroatoms. The van der Waals surface area contributed by atoms with Gasteiger partial charge in [0.05, 0.1) is 0 Å². The van der Waals surface area contributed by atoms with E-state index in [1.807, 2.05) is 6.07 Å². The van der Waals surface area contributed by atoms with Crippen LogP contribution in [-0.2, 0) is 12.8 Å². The SMILES string of the molecule is CCCCCCCc1c(CCCCC)cccc1OC(=O)O. The van der Waals surface area contributed by atoms with Gasteiger partial charge in [0.15, 0.2) is 0 Å². The summed E-state index contributed by atoms with van der Waals surface area (Å²) in [5, 5.41) is 8.92. The van der Waals surface area contributed by atoms with Crippen molar-refractivity contribution in [3.63, 3.8) is 0 Å². The third-order valence-electron chi connectivity index (χ3n) is 4.01. The summed E-state index contributed by atoms with van der Waals surface area (Å²) in [4.78, 5) is 10.9. The topological polar surface area (TPSA) is 46.5 Å². The van der Waals surface area contributed by atoms with E-state index >= 15 is 0 Å². The van der Waals surface area contributed by atoms with Gasteiger partial charge in [-0.2, -0.15) is 0 Å². The summed E-state index contributed by atoms with van der Waals surface area (Å²) in [7, 11) is 0. The molecule has 0 fully saturated rings. The number of hydrogen-bond donors (Lipinski definition) is 1.